The van der Waals surface area contributed by atoms with Crippen molar-refractivity contribution in [3.63, 3.8) is 0 Å². The van der Waals surface area contributed by atoms with E-state index in [2.05, 4.69) is 10.5 Å². The molecule has 0 fully saturated rings. The van der Waals surface area contributed by atoms with E-state index in [1.165, 1.54) is 6.21 Å². The van der Waals surface area contributed by atoms with E-state index in [-0.39, 0.29) is 0 Å². The van der Waals surface area contributed by atoms with E-state index in [9.17, 15) is 4.79 Å². The molecule has 0 heterocycles. The number of carbonyl (C=O) groups is 1. The van der Waals surface area contributed by atoms with Crippen LogP contribution < -0.4 is 11.2 Å². The predicted molar refractivity (Wildman–Crippen MR) is 55.9 cm³/mol. The maximum absolute atomic E-state index is 10.9. The van der Waals surface area contributed by atoms with E-state index in [0.29, 0.717) is 11.3 Å². The monoisotopic (exact) mass is 190 g/mol. The largest absolute Gasteiger partial charge is 0.366 e. The Morgan fingerprint density at radius 2 is 2.21 bits per heavy atom. The first-order chi connectivity index (χ1) is 6.75. The van der Waals surface area contributed by atoms with Crippen LogP contribution in [0.25, 0.3) is 0 Å². The van der Waals surface area contributed by atoms with Gasteiger partial charge in [-0.25, -0.2) is 0 Å². The molecule has 0 aromatic heterocycles. The summed E-state index contributed by atoms with van der Waals surface area (Å²) in [7, 11) is 0. The number of benzene rings is 1. The number of amides is 1. The third-order valence-electron chi connectivity index (χ3n) is 1.53. The minimum absolute atomic E-state index is 0.370. The fraction of sp³-hybridized carbons (Fsp3) is 0. The number of hydrazone groups is 1. The van der Waals surface area contributed by atoms with Crippen molar-refractivity contribution in [2.45, 2.75) is 0 Å². The van der Waals surface area contributed by atoms with Crippen molar-refractivity contribution >= 4 is 24.0 Å². The standard InChI is InChI=1S/C9H10N4O/c10-5-6-12-13-8-4-2-1-3-7(8)9(11)14/h1-6,10,13H,(H2,11,14)/b10-5?,12-6-. The van der Waals surface area contributed by atoms with Gasteiger partial charge in [-0.15, -0.1) is 0 Å². The minimum Gasteiger partial charge on any atom is -0.366 e. The second-order valence-corrected chi connectivity index (χ2v) is 2.47. The van der Waals surface area contributed by atoms with Crippen molar-refractivity contribution in [2.24, 2.45) is 10.8 Å². The molecule has 0 saturated carbocycles. The first-order valence-electron chi connectivity index (χ1n) is 3.92. The van der Waals surface area contributed by atoms with E-state index in [1.54, 1.807) is 24.3 Å². The fourth-order valence-corrected chi connectivity index (χ4v) is 0.940. The summed E-state index contributed by atoms with van der Waals surface area (Å²) in [6.07, 6.45) is 2.29. The lowest BCUT2D eigenvalue weighted by atomic mass is 10.2. The number of nitrogens with two attached hydrogens (primary N) is 1. The molecule has 0 bridgehead atoms. The van der Waals surface area contributed by atoms with Crippen LogP contribution in [0.1, 0.15) is 10.4 Å². The smallest absolute Gasteiger partial charge is 0.250 e. The number of hydrogen-bond acceptors (Lipinski definition) is 4. The van der Waals surface area contributed by atoms with E-state index >= 15 is 0 Å². The molecular formula is C9H10N4O. The maximum Gasteiger partial charge on any atom is 0.250 e. The SMILES string of the molecule is N=C/C=N\Nc1ccccc1C(N)=O. The first kappa shape index (κ1) is 9.91. The van der Waals surface area contributed by atoms with Crippen LogP contribution in [0.3, 0.4) is 0 Å². The van der Waals surface area contributed by atoms with Gasteiger partial charge in [-0.3, -0.25) is 10.2 Å². The summed E-state index contributed by atoms with van der Waals surface area (Å²) < 4.78 is 0. The quantitative estimate of drug-likeness (QED) is 0.484. The molecule has 1 rings (SSSR count). The third kappa shape index (κ3) is 2.41. The Labute approximate surface area is 81.1 Å². The number of rotatable bonds is 4. The van der Waals surface area contributed by atoms with Gasteiger partial charge in [0.1, 0.15) is 0 Å². The van der Waals surface area contributed by atoms with Gasteiger partial charge in [0.25, 0.3) is 5.91 Å². The molecule has 0 saturated heterocycles. The number of hydrogen-bond donors (Lipinski definition) is 3. The van der Waals surface area contributed by atoms with Crippen LogP contribution in [0.4, 0.5) is 5.69 Å². The van der Waals surface area contributed by atoms with Gasteiger partial charge in [-0.05, 0) is 12.1 Å². The Bertz CT molecular complexity index is 373. The number of primary amides is 1. The molecule has 72 valence electrons. The number of anilines is 1. The van der Waals surface area contributed by atoms with E-state index in [0.717, 1.165) is 6.21 Å². The van der Waals surface area contributed by atoms with Crippen LogP contribution >= 0.6 is 0 Å². The van der Waals surface area contributed by atoms with E-state index in [4.69, 9.17) is 11.1 Å². The average Bonchev–Trinajstić information content (AvgIpc) is 2.19. The molecule has 14 heavy (non-hydrogen) atoms. The van der Waals surface area contributed by atoms with E-state index in [1.807, 2.05) is 0 Å². The second kappa shape index (κ2) is 4.76. The Morgan fingerprint density at radius 3 is 2.86 bits per heavy atom. The Balaban J connectivity index is 2.89. The molecule has 0 unspecified atom stereocenters. The Morgan fingerprint density at radius 1 is 1.50 bits per heavy atom. The zero-order chi connectivity index (χ0) is 10.4. The van der Waals surface area contributed by atoms with Crippen LogP contribution in [-0.2, 0) is 0 Å². The van der Waals surface area contributed by atoms with E-state index < -0.39 is 5.91 Å². The summed E-state index contributed by atoms with van der Waals surface area (Å²) in [5.74, 6) is -0.516. The van der Waals surface area contributed by atoms with Crippen LogP contribution in [-0.4, -0.2) is 18.3 Å². The van der Waals surface area contributed by atoms with Crippen molar-refractivity contribution in [3.8, 4) is 0 Å². The van der Waals surface area contributed by atoms with Gasteiger partial charge >= 0.3 is 0 Å². The summed E-state index contributed by atoms with van der Waals surface area (Å²) in [4.78, 5) is 10.9. The second-order valence-electron chi connectivity index (χ2n) is 2.47. The molecule has 1 aromatic carbocycles. The molecule has 0 aliphatic carbocycles. The normalized spacial score (nSPS) is 10.0. The van der Waals surface area contributed by atoms with Crippen molar-refractivity contribution in [1.82, 2.24) is 0 Å². The highest BCUT2D eigenvalue weighted by molar-refractivity contribution is 6.14. The first-order valence-corrected chi connectivity index (χ1v) is 3.92. The number of nitrogens with zero attached hydrogens (tertiary/aromatic N) is 1. The highest BCUT2D eigenvalue weighted by Gasteiger charge is 2.04. The Hall–Kier alpha value is -2.17. The highest BCUT2D eigenvalue weighted by Crippen LogP contribution is 2.13. The summed E-state index contributed by atoms with van der Waals surface area (Å²) >= 11 is 0. The van der Waals surface area contributed by atoms with Crippen LogP contribution in [0, 0.1) is 5.41 Å². The molecule has 5 heteroatoms. The lowest BCUT2D eigenvalue weighted by Gasteiger charge is -2.03. The maximum atomic E-state index is 10.9. The summed E-state index contributed by atoms with van der Waals surface area (Å²) in [5, 5.41) is 10.4. The number of nitrogens with one attached hydrogen (secondary N) is 2. The minimum atomic E-state index is -0.516. The molecule has 1 aromatic rings. The molecule has 0 radical (unpaired) electrons. The number of para-hydroxylation sites is 1. The van der Waals surface area contributed by atoms with Gasteiger partial charge in [0.2, 0.25) is 0 Å². The van der Waals surface area contributed by atoms with Gasteiger partial charge < -0.3 is 11.1 Å². The molecule has 4 N–H and O–H groups in total. The van der Waals surface area contributed by atoms with Crippen molar-refractivity contribution in [1.29, 1.82) is 5.41 Å². The predicted octanol–water partition coefficient (Wildman–Crippen LogP) is 0.833. The van der Waals surface area contributed by atoms with Crippen LogP contribution in [0.5, 0.6) is 0 Å². The van der Waals surface area contributed by atoms with Crippen molar-refractivity contribution < 1.29 is 4.79 Å². The van der Waals surface area contributed by atoms with Crippen LogP contribution in [0.2, 0.25) is 0 Å². The molecule has 1 amide bonds. The molecule has 0 atom stereocenters. The molecule has 0 aliphatic rings. The average molecular weight is 190 g/mol. The molecule has 0 spiro atoms. The number of carbonyl (C=O) groups excluding carboxylic acids is 1. The fourth-order valence-electron chi connectivity index (χ4n) is 0.940. The molecule has 5 nitrogen and oxygen atoms in total. The van der Waals surface area contributed by atoms with Gasteiger partial charge in [0.05, 0.1) is 17.5 Å². The van der Waals surface area contributed by atoms with Gasteiger partial charge in [0, 0.05) is 6.21 Å². The van der Waals surface area contributed by atoms with Crippen molar-refractivity contribution in [2.75, 3.05) is 5.43 Å². The van der Waals surface area contributed by atoms with Gasteiger partial charge in [-0.1, -0.05) is 12.1 Å². The van der Waals surface area contributed by atoms with Gasteiger partial charge in [0.15, 0.2) is 0 Å². The highest BCUT2D eigenvalue weighted by atomic mass is 16.1. The molecule has 0 aliphatic heterocycles. The summed E-state index contributed by atoms with van der Waals surface area (Å²) in [6, 6.07) is 6.76. The third-order valence-corrected chi connectivity index (χ3v) is 1.53. The summed E-state index contributed by atoms with van der Waals surface area (Å²) in [6.45, 7) is 0. The topological polar surface area (TPSA) is 91.3 Å². The zero-order valence-corrected chi connectivity index (χ0v) is 7.40. The molecular weight excluding hydrogens is 180 g/mol. The van der Waals surface area contributed by atoms with Crippen LogP contribution in [0.15, 0.2) is 29.4 Å². The Kier molecular flexibility index (Phi) is 3.37. The zero-order valence-electron chi connectivity index (χ0n) is 7.40. The summed E-state index contributed by atoms with van der Waals surface area (Å²) in [5.41, 5.74) is 8.65. The lowest BCUT2D eigenvalue weighted by molar-refractivity contribution is 0.100. The lowest BCUT2D eigenvalue weighted by Crippen LogP contribution is -2.12. The van der Waals surface area contributed by atoms with Crippen molar-refractivity contribution in [3.05, 3.63) is 29.8 Å². The van der Waals surface area contributed by atoms with Gasteiger partial charge in [-0.2, -0.15) is 5.10 Å².